The third kappa shape index (κ3) is 2.71. The summed E-state index contributed by atoms with van der Waals surface area (Å²) in [5.74, 6) is 1.14. The fourth-order valence-electron chi connectivity index (χ4n) is 2.48. The van der Waals surface area contributed by atoms with Crippen LogP contribution in [0.3, 0.4) is 0 Å². The number of carbonyl (C=O) groups is 1. The van der Waals surface area contributed by atoms with Crippen LogP contribution in [0.4, 0.5) is 0 Å². The Morgan fingerprint density at radius 1 is 1.14 bits per heavy atom. The highest BCUT2D eigenvalue weighted by Crippen LogP contribution is 2.22. The third-order valence-corrected chi connectivity index (χ3v) is 3.44. The molecule has 3 aliphatic heterocycles. The van der Waals surface area contributed by atoms with E-state index in [-0.39, 0.29) is 5.91 Å². The van der Waals surface area contributed by atoms with Gasteiger partial charge in [-0.05, 0) is 38.3 Å². The lowest BCUT2D eigenvalue weighted by atomic mass is 9.92. The summed E-state index contributed by atoms with van der Waals surface area (Å²) in [7, 11) is 0. The first-order valence-corrected chi connectivity index (χ1v) is 5.83. The molecule has 3 nitrogen and oxygen atoms in total. The number of fused-ring (bicyclic) bond motifs is 8. The fourth-order valence-corrected chi connectivity index (χ4v) is 2.48. The molecule has 0 spiro atoms. The standard InChI is InChI=1S/C11H20N2O/c14-11-9-13-7-4-10(5-8-13)3-1-2-6-12-11/h10H,1-9H2,(H,12,14). The molecule has 80 valence electrons. The van der Waals surface area contributed by atoms with Crippen molar-refractivity contribution in [3.63, 3.8) is 0 Å². The van der Waals surface area contributed by atoms with Crippen molar-refractivity contribution in [1.82, 2.24) is 10.2 Å². The predicted molar refractivity (Wildman–Crippen MR) is 56.0 cm³/mol. The van der Waals surface area contributed by atoms with Crippen LogP contribution >= 0.6 is 0 Å². The zero-order valence-electron chi connectivity index (χ0n) is 8.80. The van der Waals surface area contributed by atoms with E-state index < -0.39 is 0 Å². The number of amides is 1. The second kappa shape index (κ2) is 4.78. The van der Waals surface area contributed by atoms with Crippen LogP contribution < -0.4 is 5.32 Å². The van der Waals surface area contributed by atoms with E-state index in [1.165, 1.54) is 25.7 Å². The van der Waals surface area contributed by atoms with Crippen LogP contribution in [0.2, 0.25) is 0 Å². The quantitative estimate of drug-likeness (QED) is 0.627. The summed E-state index contributed by atoms with van der Waals surface area (Å²) in [5, 5.41) is 2.98. The molecule has 0 aliphatic carbocycles. The lowest BCUT2D eigenvalue weighted by Crippen LogP contribution is -2.41. The molecule has 2 bridgehead atoms. The molecule has 3 fully saturated rings. The minimum absolute atomic E-state index is 0.213. The number of carbonyl (C=O) groups excluding carboxylic acids is 1. The summed E-state index contributed by atoms with van der Waals surface area (Å²) in [6.07, 6.45) is 6.40. The van der Waals surface area contributed by atoms with E-state index in [4.69, 9.17) is 0 Å². The van der Waals surface area contributed by atoms with Gasteiger partial charge < -0.3 is 5.32 Å². The molecule has 3 aliphatic rings. The van der Waals surface area contributed by atoms with Gasteiger partial charge in [0.25, 0.3) is 0 Å². The molecule has 0 aromatic carbocycles. The van der Waals surface area contributed by atoms with Crippen LogP contribution in [-0.4, -0.2) is 37.0 Å². The molecule has 3 rings (SSSR count). The number of hydrogen-bond donors (Lipinski definition) is 1. The van der Waals surface area contributed by atoms with Crippen molar-refractivity contribution in [1.29, 1.82) is 0 Å². The van der Waals surface area contributed by atoms with Gasteiger partial charge in [-0.15, -0.1) is 0 Å². The fraction of sp³-hybridized carbons (Fsp3) is 0.909. The Balaban J connectivity index is 1.92. The van der Waals surface area contributed by atoms with Crippen molar-refractivity contribution in [3.05, 3.63) is 0 Å². The monoisotopic (exact) mass is 196 g/mol. The van der Waals surface area contributed by atoms with Gasteiger partial charge >= 0.3 is 0 Å². The summed E-state index contributed by atoms with van der Waals surface area (Å²) >= 11 is 0. The summed E-state index contributed by atoms with van der Waals surface area (Å²) in [6.45, 7) is 3.74. The maximum absolute atomic E-state index is 11.4. The molecule has 0 aromatic heterocycles. The summed E-state index contributed by atoms with van der Waals surface area (Å²) in [5.41, 5.74) is 0. The lowest BCUT2D eigenvalue weighted by molar-refractivity contribution is -0.122. The summed E-state index contributed by atoms with van der Waals surface area (Å²) < 4.78 is 0. The SMILES string of the molecule is O=C1CN2CCC(CCCCN1)CC2. The Bertz CT molecular complexity index is 197. The van der Waals surface area contributed by atoms with Gasteiger partial charge in [-0.3, -0.25) is 9.69 Å². The second-order valence-electron chi connectivity index (χ2n) is 4.57. The molecular weight excluding hydrogens is 176 g/mol. The predicted octanol–water partition coefficient (Wildman–Crippen LogP) is 0.999. The Labute approximate surface area is 85.8 Å². The molecule has 14 heavy (non-hydrogen) atoms. The second-order valence-corrected chi connectivity index (χ2v) is 4.57. The Morgan fingerprint density at radius 2 is 1.93 bits per heavy atom. The zero-order chi connectivity index (χ0) is 9.80. The van der Waals surface area contributed by atoms with Crippen LogP contribution in [0.1, 0.15) is 32.1 Å². The third-order valence-electron chi connectivity index (χ3n) is 3.44. The molecule has 3 heterocycles. The number of piperidine rings is 1. The molecule has 1 amide bonds. The summed E-state index contributed by atoms with van der Waals surface area (Å²) in [4.78, 5) is 13.7. The highest BCUT2D eigenvalue weighted by atomic mass is 16.2. The number of nitrogens with one attached hydrogen (secondary N) is 1. The van der Waals surface area contributed by atoms with Gasteiger partial charge in [0, 0.05) is 6.54 Å². The normalized spacial score (nSPS) is 34.7. The van der Waals surface area contributed by atoms with Gasteiger partial charge in [-0.25, -0.2) is 0 Å². The number of rotatable bonds is 0. The van der Waals surface area contributed by atoms with Crippen molar-refractivity contribution < 1.29 is 4.79 Å². The molecule has 1 N–H and O–H groups in total. The highest BCUT2D eigenvalue weighted by molar-refractivity contribution is 5.77. The van der Waals surface area contributed by atoms with Crippen molar-refractivity contribution in [3.8, 4) is 0 Å². The van der Waals surface area contributed by atoms with E-state index in [0.29, 0.717) is 6.54 Å². The van der Waals surface area contributed by atoms with E-state index in [1.807, 2.05) is 0 Å². The van der Waals surface area contributed by atoms with E-state index in [9.17, 15) is 4.79 Å². The van der Waals surface area contributed by atoms with Crippen LogP contribution in [0.25, 0.3) is 0 Å². The minimum Gasteiger partial charge on any atom is -0.355 e. The van der Waals surface area contributed by atoms with Gasteiger partial charge in [0.1, 0.15) is 0 Å². The first kappa shape index (κ1) is 9.97. The first-order valence-electron chi connectivity index (χ1n) is 5.83. The van der Waals surface area contributed by atoms with Crippen molar-refractivity contribution in [2.75, 3.05) is 26.2 Å². The minimum atomic E-state index is 0.213. The molecule has 3 saturated heterocycles. The zero-order valence-corrected chi connectivity index (χ0v) is 8.80. The Morgan fingerprint density at radius 3 is 2.71 bits per heavy atom. The van der Waals surface area contributed by atoms with Crippen molar-refractivity contribution in [2.45, 2.75) is 32.1 Å². The topological polar surface area (TPSA) is 32.3 Å². The number of hydrogen-bond acceptors (Lipinski definition) is 2. The highest BCUT2D eigenvalue weighted by Gasteiger charge is 2.21. The average molecular weight is 196 g/mol. The van der Waals surface area contributed by atoms with Crippen LogP contribution in [0.5, 0.6) is 0 Å². The van der Waals surface area contributed by atoms with Gasteiger partial charge in [0.05, 0.1) is 6.54 Å². The van der Waals surface area contributed by atoms with Crippen LogP contribution in [-0.2, 0) is 4.79 Å². The van der Waals surface area contributed by atoms with Crippen LogP contribution in [0.15, 0.2) is 0 Å². The molecule has 0 unspecified atom stereocenters. The van der Waals surface area contributed by atoms with Gasteiger partial charge in [-0.2, -0.15) is 0 Å². The molecule has 3 heteroatoms. The van der Waals surface area contributed by atoms with E-state index >= 15 is 0 Å². The van der Waals surface area contributed by atoms with Gasteiger partial charge in [0.15, 0.2) is 0 Å². The molecule has 0 saturated carbocycles. The van der Waals surface area contributed by atoms with E-state index in [2.05, 4.69) is 10.2 Å². The van der Waals surface area contributed by atoms with Crippen molar-refractivity contribution >= 4 is 5.91 Å². The van der Waals surface area contributed by atoms with Gasteiger partial charge in [-0.1, -0.05) is 12.8 Å². The summed E-state index contributed by atoms with van der Waals surface area (Å²) in [6, 6.07) is 0. The maximum atomic E-state index is 11.4. The average Bonchev–Trinajstić information content (AvgIpc) is 2.25. The van der Waals surface area contributed by atoms with Crippen molar-refractivity contribution in [2.24, 2.45) is 5.92 Å². The Hall–Kier alpha value is -0.570. The first-order chi connectivity index (χ1) is 6.84. The Kier molecular flexibility index (Phi) is 3.40. The maximum Gasteiger partial charge on any atom is 0.234 e. The lowest BCUT2D eigenvalue weighted by Gasteiger charge is -2.30. The number of nitrogens with zero attached hydrogens (tertiary/aromatic N) is 1. The van der Waals surface area contributed by atoms with E-state index in [0.717, 1.165) is 32.0 Å². The molecule has 0 atom stereocenters. The van der Waals surface area contributed by atoms with Crippen LogP contribution in [0, 0.1) is 5.92 Å². The molecule has 0 aromatic rings. The molecular formula is C11H20N2O. The largest absolute Gasteiger partial charge is 0.355 e. The van der Waals surface area contributed by atoms with E-state index in [1.54, 1.807) is 0 Å². The van der Waals surface area contributed by atoms with Gasteiger partial charge in [0.2, 0.25) is 5.91 Å². The molecule has 0 radical (unpaired) electrons. The smallest absolute Gasteiger partial charge is 0.234 e.